The molecule has 0 aliphatic carbocycles. The second-order valence-corrected chi connectivity index (χ2v) is 5.46. The summed E-state index contributed by atoms with van der Waals surface area (Å²) in [5, 5.41) is 12.1. The van der Waals surface area contributed by atoms with Gasteiger partial charge in [0.05, 0.1) is 0 Å². The summed E-state index contributed by atoms with van der Waals surface area (Å²) < 4.78 is 0. The van der Waals surface area contributed by atoms with Crippen LogP contribution in [-0.2, 0) is 4.79 Å². The van der Waals surface area contributed by atoms with Gasteiger partial charge in [0.1, 0.15) is 5.92 Å². The molecule has 1 saturated heterocycles. The van der Waals surface area contributed by atoms with E-state index < -0.39 is 5.92 Å². The molecule has 1 amide bonds. The van der Waals surface area contributed by atoms with Gasteiger partial charge in [0, 0.05) is 12.6 Å². The van der Waals surface area contributed by atoms with Crippen molar-refractivity contribution < 1.29 is 10.0 Å². The van der Waals surface area contributed by atoms with Gasteiger partial charge in [0.15, 0.2) is 5.84 Å². The van der Waals surface area contributed by atoms with E-state index in [9.17, 15) is 4.79 Å². The zero-order chi connectivity index (χ0) is 15.2. The van der Waals surface area contributed by atoms with Crippen LogP contribution < -0.4 is 5.73 Å². The standard InChI is InChI=1S/C16H23N3O2/c1-2-13-10-6-7-11-19(13)16(20)14(15(17)18-21)12-8-4-3-5-9-12/h3-5,8-9,13-14,21H,2,6-7,10-11H2,1H3,(H2,17,18). The zero-order valence-electron chi connectivity index (χ0n) is 12.4. The maximum absolute atomic E-state index is 12.9. The van der Waals surface area contributed by atoms with E-state index in [0.717, 1.165) is 37.8 Å². The first kappa shape index (κ1) is 15.4. The Morgan fingerprint density at radius 2 is 2.14 bits per heavy atom. The fourth-order valence-electron chi connectivity index (χ4n) is 3.02. The predicted octanol–water partition coefficient (Wildman–Crippen LogP) is 2.31. The topological polar surface area (TPSA) is 78.9 Å². The van der Waals surface area contributed by atoms with Crippen molar-refractivity contribution in [3.63, 3.8) is 0 Å². The number of oxime groups is 1. The van der Waals surface area contributed by atoms with Gasteiger partial charge < -0.3 is 15.8 Å². The average Bonchev–Trinajstić information content (AvgIpc) is 2.55. The molecule has 0 bridgehead atoms. The third-order valence-electron chi connectivity index (χ3n) is 4.17. The molecule has 0 aromatic heterocycles. The lowest BCUT2D eigenvalue weighted by atomic mass is 9.92. The highest BCUT2D eigenvalue weighted by Crippen LogP contribution is 2.26. The molecule has 0 spiro atoms. The summed E-state index contributed by atoms with van der Waals surface area (Å²) in [6.07, 6.45) is 4.13. The van der Waals surface area contributed by atoms with Crippen molar-refractivity contribution in [1.82, 2.24) is 4.90 Å². The van der Waals surface area contributed by atoms with Crippen molar-refractivity contribution in [3.8, 4) is 0 Å². The first-order valence-corrected chi connectivity index (χ1v) is 7.51. The summed E-state index contributed by atoms with van der Waals surface area (Å²) in [6.45, 7) is 2.84. The van der Waals surface area contributed by atoms with Crippen molar-refractivity contribution in [2.24, 2.45) is 10.9 Å². The number of hydrogen-bond donors (Lipinski definition) is 2. The molecular formula is C16H23N3O2. The number of hydrogen-bond acceptors (Lipinski definition) is 3. The largest absolute Gasteiger partial charge is 0.409 e. The summed E-state index contributed by atoms with van der Waals surface area (Å²) in [7, 11) is 0. The monoisotopic (exact) mass is 289 g/mol. The van der Waals surface area contributed by atoms with Gasteiger partial charge >= 0.3 is 0 Å². The fourth-order valence-corrected chi connectivity index (χ4v) is 3.02. The fraction of sp³-hybridized carbons (Fsp3) is 0.500. The lowest BCUT2D eigenvalue weighted by Gasteiger charge is -2.37. The molecule has 5 heteroatoms. The molecule has 21 heavy (non-hydrogen) atoms. The van der Waals surface area contributed by atoms with Crippen LogP contribution in [0.5, 0.6) is 0 Å². The molecule has 3 N–H and O–H groups in total. The van der Waals surface area contributed by atoms with Crippen molar-refractivity contribution in [1.29, 1.82) is 0 Å². The van der Waals surface area contributed by atoms with E-state index in [4.69, 9.17) is 10.9 Å². The van der Waals surface area contributed by atoms with Gasteiger partial charge in [-0.15, -0.1) is 0 Å². The third-order valence-corrected chi connectivity index (χ3v) is 4.17. The van der Waals surface area contributed by atoms with Crippen LogP contribution in [0.2, 0.25) is 0 Å². The molecule has 0 saturated carbocycles. The smallest absolute Gasteiger partial charge is 0.238 e. The summed E-state index contributed by atoms with van der Waals surface area (Å²) in [4.78, 5) is 14.8. The van der Waals surface area contributed by atoms with E-state index in [2.05, 4.69) is 12.1 Å². The molecule has 1 aromatic rings. The summed E-state index contributed by atoms with van der Waals surface area (Å²) in [5.74, 6) is -0.821. The van der Waals surface area contributed by atoms with Gasteiger partial charge in [-0.25, -0.2) is 0 Å². The highest BCUT2D eigenvalue weighted by Gasteiger charge is 2.33. The number of nitrogens with two attached hydrogens (primary N) is 1. The second-order valence-electron chi connectivity index (χ2n) is 5.46. The third kappa shape index (κ3) is 3.35. The zero-order valence-corrected chi connectivity index (χ0v) is 12.4. The molecule has 0 radical (unpaired) electrons. The first-order chi connectivity index (χ1) is 10.2. The van der Waals surface area contributed by atoms with Crippen LogP contribution in [0.25, 0.3) is 0 Å². The van der Waals surface area contributed by atoms with E-state index in [1.807, 2.05) is 35.2 Å². The second kappa shape index (κ2) is 7.11. The van der Waals surface area contributed by atoms with Crippen LogP contribution in [0.1, 0.15) is 44.1 Å². The number of amides is 1. The van der Waals surface area contributed by atoms with Crippen LogP contribution in [-0.4, -0.2) is 34.4 Å². The Hall–Kier alpha value is -2.04. The molecule has 5 nitrogen and oxygen atoms in total. The van der Waals surface area contributed by atoms with Crippen molar-refractivity contribution >= 4 is 11.7 Å². The number of carbonyl (C=O) groups is 1. The molecule has 1 aliphatic heterocycles. The SMILES string of the molecule is CCC1CCCCN1C(=O)C(C(N)=NO)c1ccccc1. The number of benzene rings is 1. The summed E-state index contributed by atoms with van der Waals surface area (Å²) >= 11 is 0. The number of piperidine rings is 1. The van der Waals surface area contributed by atoms with E-state index in [-0.39, 0.29) is 17.8 Å². The van der Waals surface area contributed by atoms with Gasteiger partial charge in [-0.2, -0.15) is 0 Å². The molecule has 114 valence electrons. The van der Waals surface area contributed by atoms with Crippen LogP contribution in [0.15, 0.2) is 35.5 Å². The van der Waals surface area contributed by atoms with Gasteiger partial charge in [-0.05, 0) is 31.2 Å². The molecule has 1 fully saturated rings. The Bertz CT molecular complexity index is 502. The average molecular weight is 289 g/mol. The van der Waals surface area contributed by atoms with Gasteiger partial charge in [0.2, 0.25) is 5.91 Å². The maximum atomic E-state index is 12.9. The van der Waals surface area contributed by atoms with E-state index in [1.165, 1.54) is 0 Å². The molecular weight excluding hydrogens is 266 g/mol. The van der Waals surface area contributed by atoms with Gasteiger partial charge in [-0.1, -0.05) is 42.4 Å². The van der Waals surface area contributed by atoms with Gasteiger partial charge in [0.25, 0.3) is 0 Å². The minimum absolute atomic E-state index is 0.0494. The Balaban J connectivity index is 2.30. The normalized spacial score (nSPS) is 21.1. The minimum Gasteiger partial charge on any atom is -0.409 e. The van der Waals surface area contributed by atoms with Crippen LogP contribution in [0.4, 0.5) is 0 Å². The highest BCUT2D eigenvalue weighted by molar-refractivity contribution is 6.07. The van der Waals surface area contributed by atoms with E-state index >= 15 is 0 Å². The Labute approximate surface area is 125 Å². The van der Waals surface area contributed by atoms with Crippen molar-refractivity contribution in [2.75, 3.05) is 6.54 Å². The van der Waals surface area contributed by atoms with Gasteiger partial charge in [-0.3, -0.25) is 4.79 Å². The van der Waals surface area contributed by atoms with E-state index in [1.54, 1.807) is 0 Å². The maximum Gasteiger partial charge on any atom is 0.238 e. The minimum atomic E-state index is -0.705. The van der Waals surface area contributed by atoms with E-state index in [0.29, 0.717) is 0 Å². The molecule has 2 unspecified atom stereocenters. The molecule has 1 heterocycles. The van der Waals surface area contributed by atoms with Crippen LogP contribution in [0, 0.1) is 0 Å². The molecule has 2 rings (SSSR count). The van der Waals surface area contributed by atoms with Crippen LogP contribution in [0.3, 0.4) is 0 Å². The van der Waals surface area contributed by atoms with Crippen molar-refractivity contribution in [3.05, 3.63) is 35.9 Å². The molecule has 1 aliphatic rings. The number of amidine groups is 1. The summed E-state index contributed by atoms with van der Waals surface area (Å²) in [6, 6.07) is 9.52. The predicted molar refractivity (Wildman–Crippen MR) is 82.2 cm³/mol. The van der Waals surface area contributed by atoms with Crippen molar-refractivity contribution in [2.45, 2.75) is 44.6 Å². The Kier molecular flexibility index (Phi) is 5.20. The highest BCUT2D eigenvalue weighted by atomic mass is 16.4. The first-order valence-electron chi connectivity index (χ1n) is 7.51. The quantitative estimate of drug-likeness (QED) is 0.386. The Morgan fingerprint density at radius 1 is 1.43 bits per heavy atom. The molecule has 2 atom stereocenters. The number of nitrogens with zero attached hydrogens (tertiary/aromatic N) is 2. The number of carbonyl (C=O) groups excluding carboxylic acids is 1. The summed E-state index contributed by atoms with van der Waals surface area (Å²) in [5.41, 5.74) is 6.56. The lowest BCUT2D eigenvalue weighted by Crippen LogP contribution is -2.48. The molecule has 1 aromatic carbocycles. The Morgan fingerprint density at radius 3 is 2.76 bits per heavy atom. The number of rotatable bonds is 4. The number of likely N-dealkylation sites (tertiary alicyclic amines) is 1. The van der Waals surface area contributed by atoms with Crippen LogP contribution >= 0.6 is 0 Å². The lowest BCUT2D eigenvalue weighted by molar-refractivity contribution is -0.135.